The van der Waals surface area contributed by atoms with Gasteiger partial charge in [0.15, 0.2) is 0 Å². The summed E-state index contributed by atoms with van der Waals surface area (Å²) in [5, 5.41) is 0.581. The van der Waals surface area contributed by atoms with Crippen molar-refractivity contribution in [3.8, 4) is 5.75 Å². The Morgan fingerprint density at radius 3 is 2.50 bits per heavy atom. The maximum atomic E-state index is 11.4. The van der Waals surface area contributed by atoms with Gasteiger partial charge in [-0.1, -0.05) is 11.6 Å². The minimum atomic E-state index is -0.937. The van der Waals surface area contributed by atoms with Gasteiger partial charge in [-0.2, -0.15) is 0 Å². The van der Waals surface area contributed by atoms with Crippen molar-refractivity contribution in [1.82, 2.24) is 9.97 Å². The summed E-state index contributed by atoms with van der Waals surface area (Å²) in [5.41, 5.74) is 0. The normalized spacial score (nSPS) is 23.4. The van der Waals surface area contributed by atoms with Crippen LogP contribution in [0.4, 0.5) is 5.95 Å². The number of nitrogens with zero attached hydrogens (tertiary/aromatic N) is 3. The second-order valence-electron chi connectivity index (χ2n) is 7.75. The van der Waals surface area contributed by atoms with E-state index in [-0.39, 0.29) is 0 Å². The van der Waals surface area contributed by atoms with Crippen LogP contribution < -0.4 is 9.64 Å². The molecule has 1 aliphatic heterocycles. The van der Waals surface area contributed by atoms with Gasteiger partial charge < -0.3 is 9.64 Å². The van der Waals surface area contributed by atoms with E-state index >= 15 is 0 Å². The van der Waals surface area contributed by atoms with E-state index in [9.17, 15) is 4.21 Å². The number of hydrogen-bond donors (Lipinski definition) is 0. The van der Waals surface area contributed by atoms with E-state index in [0.29, 0.717) is 5.02 Å². The molecule has 0 spiro atoms. The number of halogens is 1. The fraction of sp³-hybridized carbons (Fsp3) is 0.524. The van der Waals surface area contributed by atoms with Crippen LogP contribution >= 0.6 is 11.6 Å². The van der Waals surface area contributed by atoms with Gasteiger partial charge in [-0.3, -0.25) is 4.21 Å². The molecule has 7 heteroatoms. The lowest BCUT2D eigenvalue weighted by Crippen LogP contribution is -2.35. The summed E-state index contributed by atoms with van der Waals surface area (Å²) in [4.78, 5) is 11.8. The van der Waals surface area contributed by atoms with E-state index in [1.807, 2.05) is 24.3 Å². The summed E-state index contributed by atoms with van der Waals surface area (Å²) in [6.45, 7) is 2.81. The maximum absolute atomic E-state index is 11.4. The number of rotatable bonds is 7. The van der Waals surface area contributed by atoms with Gasteiger partial charge in [0.25, 0.3) is 0 Å². The Hall–Kier alpha value is -1.66. The molecule has 28 heavy (non-hydrogen) atoms. The van der Waals surface area contributed by atoms with Crippen molar-refractivity contribution >= 4 is 28.3 Å². The summed E-state index contributed by atoms with van der Waals surface area (Å²) in [6.07, 6.45) is 9.90. The first-order valence-corrected chi connectivity index (χ1v) is 11.8. The van der Waals surface area contributed by atoms with Gasteiger partial charge in [0.2, 0.25) is 5.95 Å². The summed E-state index contributed by atoms with van der Waals surface area (Å²) >= 11 is 5.87. The van der Waals surface area contributed by atoms with Crippen molar-refractivity contribution in [3.63, 3.8) is 0 Å². The lowest BCUT2D eigenvalue weighted by molar-refractivity contribution is 0.284. The van der Waals surface area contributed by atoms with Gasteiger partial charge in [0, 0.05) is 35.0 Å². The summed E-state index contributed by atoms with van der Waals surface area (Å²) in [7, 11) is -0.937. The highest BCUT2D eigenvalue weighted by atomic mass is 35.5. The third-order valence-corrected chi connectivity index (χ3v) is 7.06. The van der Waals surface area contributed by atoms with Crippen molar-refractivity contribution in [3.05, 3.63) is 41.7 Å². The SMILES string of the molecule is CS(=O)c1ccc(OCC[C@H]2C[C@H]2C2CCN(c3ncc(Cl)cn3)CC2)cc1. The smallest absolute Gasteiger partial charge is 0.225 e. The first-order valence-electron chi connectivity index (χ1n) is 9.89. The molecular formula is C21H26ClN3O2S. The molecule has 1 aliphatic carbocycles. The number of benzene rings is 1. The zero-order chi connectivity index (χ0) is 19.5. The Kier molecular flexibility index (Phi) is 6.16. The predicted molar refractivity (Wildman–Crippen MR) is 112 cm³/mol. The van der Waals surface area contributed by atoms with Gasteiger partial charge in [-0.15, -0.1) is 0 Å². The number of piperidine rings is 1. The fourth-order valence-corrected chi connectivity index (χ4v) is 4.85. The molecule has 4 rings (SSSR count). The molecule has 2 aliphatic rings. The Labute approximate surface area is 173 Å². The zero-order valence-electron chi connectivity index (χ0n) is 16.1. The van der Waals surface area contributed by atoms with Crippen molar-refractivity contribution in [2.24, 2.45) is 17.8 Å². The molecule has 2 heterocycles. The molecule has 1 saturated heterocycles. The second kappa shape index (κ2) is 8.78. The first-order chi connectivity index (χ1) is 13.6. The summed E-state index contributed by atoms with van der Waals surface area (Å²) < 4.78 is 17.3. The van der Waals surface area contributed by atoms with E-state index in [1.165, 1.54) is 19.3 Å². The van der Waals surface area contributed by atoms with Gasteiger partial charge in [-0.25, -0.2) is 9.97 Å². The molecule has 1 aromatic heterocycles. The highest BCUT2D eigenvalue weighted by Crippen LogP contribution is 2.49. The van der Waals surface area contributed by atoms with Crippen molar-refractivity contribution < 1.29 is 8.95 Å². The van der Waals surface area contributed by atoms with E-state index in [2.05, 4.69) is 14.9 Å². The minimum absolute atomic E-state index is 0.581. The Balaban J connectivity index is 1.17. The number of ether oxygens (including phenoxy) is 1. The molecule has 3 atom stereocenters. The van der Waals surface area contributed by atoms with Crippen molar-refractivity contribution in [1.29, 1.82) is 0 Å². The van der Waals surface area contributed by atoms with Gasteiger partial charge >= 0.3 is 0 Å². The lowest BCUT2D eigenvalue weighted by atomic mass is 9.90. The van der Waals surface area contributed by atoms with Crippen LogP contribution in [0.1, 0.15) is 25.7 Å². The van der Waals surface area contributed by atoms with Crippen LogP contribution in [-0.2, 0) is 10.8 Å². The highest BCUT2D eigenvalue weighted by Gasteiger charge is 2.43. The van der Waals surface area contributed by atoms with Gasteiger partial charge in [-0.05, 0) is 67.7 Å². The Morgan fingerprint density at radius 1 is 1.18 bits per heavy atom. The Bertz CT molecular complexity index is 807. The summed E-state index contributed by atoms with van der Waals surface area (Å²) in [5.74, 6) is 4.11. The minimum Gasteiger partial charge on any atom is -0.494 e. The number of anilines is 1. The quantitative estimate of drug-likeness (QED) is 0.673. The molecule has 0 amide bonds. The van der Waals surface area contributed by atoms with E-state index in [4.69, 9.17) is 16.3 Å². The van der Waals surface area contributed by atoms with Crippen LogP contribution in [0.5, 0.6) is 5.75 Å². The molecule has 150 valence electrons. The van der Waals surface area contributed by atoms with Crippen LogP contribution in [-0.4, -0.2) is 40.1 Å². The molecule has 1 unspecified atom stereocenters. The molecule has 1 aromatic carbocycles. The molecule has 0 radical (unpaired) electrons. The van der Waals surface area contributed by atoms with Crippen LogP contribution in [0.2, 0.25) is 5.02 Å². The Morgan fingerprint density at radius 2 is 1.86 bits per heavy atom. The maximum Gasteiger partial charge on any atom is 0.225 e. The molecule has 1 saturated carbocycles. The van der Waals surface area contributed by atoms with Gasteiger partial charge in [0.1, 0.15) is 5.75 Å². The monoisotopic (exact) mass is 419 g/mol. The second-order valence-corrected chi connectivity index (χ2v) is 9.56. The van der Waals surface area contributed by atoms with Crippen LogP contribution in [0, 0.1) is 17.8 Å². The highest BCUT2D eigenvalue weighted by molar-refractivity contribution is 7.84. The van der Waals surface area contributed by atoms with E-state index in [1.54, 1.807) is 18.6 Å². The predicted octanol–water partition coefficient (Wildman–Crippen LogP) is 4.19. The van der Waals surface area contributed by atoms with Crippen LogP contribution in [0.15, 0.2) is 41.6 Å². The standard InChI is InChI=1S/C21H26ClN3O2S/c1-28(26)19-4-2-18(3-5-19)27-11-8-16-12-20(16)15-6-9-25(10-7-15)21-23-13-17(22)14-24-21/h2-5,13-16,20H,6-12H2,1H3/t16-,20-,28?/m0/s1. The molecule has 2 aromatic rings. The summed E-state index contributed by atoms with van der Waals surface area (Å²) in [6, 6.07) is 7.58. The molecule has 0 N–H and O–H groups in total. The third-order valence-electron chi connectivity index (χ3n) is 5.92. The molecule has 5 nitrogen and oxygen atoms in total. The van der Waals surface area contributed by atoms with E-state index in [0.717, 1.165) is 60.5 Å². The van der Waals surface area contributed by atoms with Gasteiger partial charge in [0.05, 0.1) is 24.0 Å². The first kappa shape index (κ1) is 19.6. The fourth-order valence-electron chi connectivity index (χ4n) is 4.23. The van der Waals surface area contributed by atoms with Crippen molar-refractivity contribution in [2.75, 3.05) is 30.9 Å². The topological polar surface area (TPSA) is 55.3 Å². The third kappa shape index (κ3) is 4.84. The zero-order valence-corrected chi connectivity index (χ0v) is 17.7. The van der Waals surface area contributed by atoms with Crippen LogP contribution in [0.25, 0.3) is 0 Å². The lowest BCUT2D eigenvalue weighted by Gasteiger charge is -2.32. The van der Waals surface area contributed by atoms with Crippen molar-refractivity contribution in [2.45, 2.75) is 30.6 Å². The largest absolute Gasteiger partial charge is 0.494 e. The average molecular weight is 420 g/mol. The molecule has 0 bridgehead atoms. The number of aromatic nitrogens is 2. The molecular weight excluding hydrogens is 394 g/mol. The van der Waals surface area contributed by atoms with Crippen LogP contribution in [0.3, 0.4) is 0 Å². The molecule has 2 fully saturated rings. The number of hydrogen-bond acceptors (Lipinski definition) is 5. The van der Waals surface area contributed by atoms with E-state index < -0.39 is 10.8 Å². The average Bonchev–Trinajstić information content (AvgIpc) is 3.49.